The summed E-state index contributed by atoms with van der Waals surface area (Å²) >= 11 is 2.91. The molecule has 2 aromatic rings. The summed E-state index contributed by atoms with van der Waals surface area (Å²) in [6, 6.07) is 3.94. The molecular weight excluding hydrogens is 462 g/mol. The molecule has 2 aliphatic heterocycles. The average Bonchev–Trinajstić information content (AvgIpc) is 3.52. The molecule has 0 spiro atoms. The summed E-state index contributed by atoms with van der Waals surface area (Å²) in [5, 5.41) is 1.04. The van der Waals surface area contributed by atoms with Gasteiger partial charge in [-0.2, -0.15) is 0 Å². The van der Waals surface area contributed by atoms with Gasteiger partial charge in [0.2, 0.25) is 11.8 Å². The van der Waals surface area contributed by atoms with Crippen LogP contribution in [0.1, 0.15) is 36.1 Å². The number of carbonyl (C=O) groups is 3. The summed E-state index contributed by atoms with van der Waals surface area (Å²) in [5.74, 6) is -1.09. The Balaban J connectivity index is 1.34. The third kappa shape index (κ3) is 3.06. The van der Waals surface area contributed by atoms with Crippen molar-refractivity contribution in [3.8, 4) is 0 Å². The summed E-state index contributed by atoms with van der Waals surface area (Å²) in [5.41, 5.74) is 1.05. The van der Waals surface area contributed by atoms with Gasteiger partial charge < -0.3 is 9.72 Å². The minimum atomic E-state index is -0.396. The van der Waals surface area contributed by atoms with Gasteiger partial charge in [0.05, 0.1) is 29.9 Å². The number of thiazole rings is 1. The van der Waals surface area contributed by atoms with Gasteiger partial charge in [0.15, 0.2) is 0 Å². The lowest BCUT2D eigenvalue weighted by molar-refractivity contribution is -0.145. The SMILES string of the molecule is CCOC(=O)CCN1C(=O)[C@@H]2[C@H]3C[C@@H]([C@@H]2C1=O)[C@H]1[C@@H](c2cccnc2)c2sc(=O)[nH]c2S[C@H]31. The molecule has 33 heavy (non-hydrogen) atoms. The Bertz CT molecular complexity index is 1190. The Kier molecular flexibility index (Phi) is 4.99. The van der Waals surface area contributed by atoms with Crippen LogP contribution in [0.3, 0.4) is 0 Å². The number of rotatable bonds is 5. The molecule has 7 atom stereocenters. The molecule has 2 aromatic heterocycles. The van der Waals surface area contributed by atoms with Crippen molar-refractivity contribution in [3.05, 3.63) is 44.6 Å². The summed E-state index contributed by atoms with van der Waals surface area (Å²) in [4.78, 5) is 60.3. The van der Waals surface area contributed by atoms with E-state index in [-0.39, 0.29) is 77.0 Å². The largest absolute Gasteiger partial charge is 0.466 e. The van der Waals surface area contributed by atoms with Crippen molar-refractivity contribution < 1.29 is 19.1 Å². The van der Waals surface area contributed by atoms with Gasteiger partial charge in [0, 0.05) is 35.0 Å². The normalized spacial score (nSPS) is 33.7. The average molecular weight is 486 g/mol. The number of H-pyrrole nitrogens is 1. The minimum Gasteiger partial charge on any atom is -0.466 e. The molecule has 2 aliphatic carbocycles. The number of thioether (sulfide) groups is 1. The minimum absolute atomic E-state index is 0.0173. The molecule has 6 rings (SSSR count). The van der Waals surface area contributed by atoms with E-state index in [2.05, 4.69) is 9.97 Å². The molecular formula is C23H23N3O5S2. The summed E-state index contributed by atoms with van der Waals surface area (Å²) in [6.45, 7) is 2.09. The number of likely N-dealkylation sites (tertiary alicyclic amines) is 1. The van der Waals surface area contributed by atoms with Crippen molar-refractivity contribution in [3.63, 3.8) is 0 Å². The number of carbonyl (C=O) groups excluding carboxylic acids is 3. The number of nitrogens with zero attached hydrogens (tertiary/aromatic N) is 2. The molecule has 2 saturated carbocycles. The van der Waals surface area contributed by atoms with Crippen LogP contribution in [-0.2, 0) is 19.1 Å². The predicted molar refractivity (Wildman–Crippen MR) is 121 cm³/mol. The van der Waals surface area contributed by atoms with Crippen molar-refractivity contribution in [2.24, 2.45) is 29.6 Å². The molecule has 2 bridgehead atoms. The first-order valence-electron chi connectivity index (χ1n) is 11.3. The maximum atomic E-state index is 13.4. The quantitative estimate of drug-likeness (QED) is 0.511. The number of pyridine rings is 1. The molecule has 1 N–H and O–H groups in total. The summed E-state index contributed by atoms with van der Waals surface area (Å²) < 4.78 is 4.97. The maximum Gasteiger partial charge on any atom is 0.307 e. The van der Waals surface area contributed by atoms with Crippen LogP contribution in [-0.4, -0.2) is 51.1 Å². The fraction of sp³-hybridized carbons (Fsp3) is 0.522. The smallest absolute Gasteiger partial charge is 0.307 e. The van der Waals surface area contributed by atoms with Crippen molar-refractivity contribution in [1.29, 1.82) is 0 Å². The number of aromatic nitrogens is 2. The second-order valence-corrected chi connectivity index (χ2v) is 11.3. The molecule has 10 heteroatoms. The van der Waals surface area contributed by atoms with Gasteiger partial charge >= 0.3 is 10.8 Å². The molecule has 8 nitrogen and oxygen atoms in total. The van der Waals surface area contributed by atoms with E-state index in [0.29, 0.717) is 0 Å². The lowest BCUT2D eigenvalue weighted by Crippen LogP contribution is -2.42. The number of fused-ring (bicyclic) bond motifs is 9. The predicted octanol–water partition coefficient (Wildman–Crippen LogP) is 2.26. The van der Waals surface area contributed by atoms with Gasteiger partial charge in [0.25, 0.3) is 0 Å². The van der Waals surface area contributed by atoms with Crippen LogP contribution in [0.25, 0.3) is 0 Å². The van der Waals surface area contributed by atoms with Crippen LogP contribution < -0.4 is 4.87 Å². The van der Waals surface area contributed by atoms with E-state index in [1.54, 1.807) is 24.9 Å². The van der Waals surface area contributed by atoms with E-state index in [1.807, 2.05) is 18.3 Å². The molecule has 3 fully saturated rings. The summed E-state index contributed by atoms with van der Waals surface area (Å²) in [6.07, 6.45) is 4.45. The van der Waals surface area contributed by atoms with Crippen molar-refractivity contribution >= 4 is 40.9 Å². The number of nitrogens with one attached hydrogen (secondary N) is 1. The molecule has 172 valence electrons. The zero-order valence-electron chi connectivity index (χ0n) is 17.9. The Morgan fingerprint density at radius 3 is 2.76 bits per heavy atom. The maximum absolute atomic E-state index is 13.4. The fourth-order valence-corrected chi connectivity index (χ4v) is 9.56. The lowest BCUT2D eigenvalue weighted by atomic mass is 9.68. The zero-order valence-corrected chi connectivity index (χ0v) is 19.6. The van der Waals surface area contributed by atoms with Crippen LogP contribution in [0, 0.1) is 29.6 Å². The second kappa shape index (κ2) is 7.80. The topological polar surface area (TPSA) is 109 Å². The lowest BCUT2D eigenvalue weighted by Gasteiger charge is -2.42. The van der Waals surface area contributed by atoms with E-state index < -0.39 is 5.97 Å². The van der Waals surface area contributed by atoms with Crippen LogP contribution >= 0.6 is 23.1 Å². The first-order chi connectivity index (χ1) is 16.0. The zero-order chi connectivity index (χ0) is 22.9. The third-order valence-corrected chi connectivity index (χ3v) is 10.3. The van der Waals surface area contributed by atoms with Crippen molar-refractivity contribution in [2.75, 3.05) is 13.2 Å². The highest BCUT2D eigenvalue weighted by Gasteiger charge is 2.69. The first-order valence-corrected chi connectivity index (χ1v) is 13.0. The van der Waals surface area contributed by atoms with Crippen molar-refractivity contribution in [2.45, 2.75) is 36.0 Å². The Morgan fingerprint density at radius 2 is 2.03 bits per heavy atom. The molecule has 2 amide bonds. The van der Waals surface area contributed by atoms with Gasteiger partial charge in [-0.05, 0) is 42.7 Å². The first kappa shape index (κ1) is 21.1. The van der Waals surface area contributed by atoms with Crippen LogP contribution in [0.5, 0.6) is 0 Å². The fourth-order valence-electron chi connectivity index (χ4n) is 6.67. The third-order valence-electron chi connectivity index (χ3n) is 7.70. The highest BCUT2D eigenvalue weighted by Crippen LogP contribution is 2.68. The number of ether oxygens (including phenoxy) is 1. The molecule has 0 radical (unpaired) electrons. The monoisotopic (exact) mass is 485 g/mol. The van der Waals surface area contributed by atoms with E-state index in [0.717, 1.165) is 21.9 Å². The summed E-state index contributed by atoms with van der Waals surface area (Å²) in [7, 11) is 0. The molecule has 0 unspecified atom stereocenters. The highest BCUT2D eigenvalue weighted by molar-refractivity contribution is 8.00. The Morgan fingerprint density at radius 1 is 1.24 bits per heavy atom. The number of esters is 1. The molecule has 0 aromatic carbocycles. The molecule has 4 aliphatic rings. The Labute approximate surface area is 198 Å². The van der Waals surface area contributed by atoms with Gasteiger partial charge in [0.1, 0.15) is 0 Å². The number of hydrogen-bond acceptors (Lipinski definition) is 8. The van der Waals surface area contributed by atoms with Gasteiger partial charge in [-0.1, -0.05) is 17.4 Å². The van der Waals surface area contributed by atoms with Gasteiger partial charge in [-0.3, -0.25) is 29.1 Å². The van der Waals surface area contributed by atoms with E-state index >= 15 is 0 Å². The highest BCUT2D eigenvalue weighted by atomic mass is 32.2. The molecule has 4 heterocycles. The standard InChI is InChI=1S/C23H23N3O5S2/c1-2-31-13(27)5-7-26-21(28)16-11-8-12(17(16)22(26)29)18-15(11)14(10-4-3-6-24-9-10)19-20(32-18)25-23(30)33-19/h3-4,6,9,11-12,14-18H,2,5,7-8H2,1H3,(H,25,30)/t11-,12-,14-,15+,16+,17-,18-/m1/s1. The van der Waals surface area contributed by atoms with E-state index in [1.165, 1.54) is 16.2 Å². The molecule has 1 saturated heterocycles. The number of hydrogen-bond donors (Lipinski definition) is 1. The van der Waals surface area contributed by atoms with Crippen LogP contribution in [0.15, 0.2) is 34.3 Å². The number of imide groups is 1. The van der Waals surface area contributed by atoms with Crippen LogP contribution in [0.4, 0.5) is 0 Å². The second-order valence-electron chi connectivity index (χ2n) is 9.13. The van der Waals surface area contributed by atoms with E-state index in [4.69, 9.17) is 4.74 Å². The van der Waals surface area contributed by atoms with E-state index in [9.17, 15) is 19.2 Å². The van der Waals surface area contributed by atoms with Gasteiger partial charge in [-0.15, -0.1) is 11.8 Å². The van der Waals surface area contributed by atoms with Gasteiger partial charge in [-0.25, -0.2) is 0 Å². The van der Waals surface area contributed by atoms with Crippen molar-refractivity contribution in [1.82, 2.24) is 14.9 Å². The number of aromatic amines is 1. The van der Waals surface area contributed by atoms with Crippen LogP contribution in [0.2, 0.25) is 0 Å². The number of amides is 2. The Hall–Kier alpha value is -2.46.